The summed E-state index contributed by atoms with van der Waals surface area (Å²) in [4.78, 5) is 14.9. The van der Waals surface area contributed by atoms with Gasteiger partial charge in [0.25, 0.3) is 5.91 Å². The third-order valence-corrected chi connectivity index (χ3v) is 4.85. The summed E-state index contributed by atoms with van der Waals surface area (Å²) in [7, 11) is 1.49. The van der Waals surface area contributed by atoms with E-state index in [9.17, 15) is 4.79 Å². The predicted molar refractivity (Wildman–Crippen MR) is 106 cm³/mol. The van der Waals surface area contributed by atoms with Crippen molar-refractivity contribution in [2.75, 3.05) is 39.1 Å². The van der Waals surface area contributed by atoms with Gasteiger partial charge >= 0.3 is 0 Å². The van der Waals surface area contributed by atoms with Crippen molar-refractivity contribution in [2.24, 2.45) is 0 Å². The maximum absolute atomic E-state index is 12.5. The number of hydrogen-bond acceptors (Lipinski definition) is 5. The van der Waals surface area contributed by atoms with Crippen LogP contribution in [0.5, 0.6) is 5.75 Å². The zero-order chi connectivity index (χ0) is 19.2. The van der Waals surface area contributed by atoms with Gasteiger partial charge in [0, 0.05) is 32.2 Å². The fourth-order valence-corrected chi connectivity index (χ4v) is 3.27. The summed E-state index contributed by atoms with van der Waals surface area (Å²) in [6.07, 6.45) is -0.0679. The van der Waals surface area contributed by atoms with Crippen LogP contribution in [0.15, 0.2) is 42.5 Å². The average molecular weight is 390 g/mol. The smallest absolute Gasteiger partial charge is 0.255 e. The van der Waals surface area contributed by atoms with E-state index in [0.717, 1.165) is 19.6 Å². The number of benzene rings is 2. The standard InChI is InChI=1S/C20H24ClN3O3/c1-26-19-10-18(22)17(21)9-16(19)20(25)23-11-15-13-24(7-8-27-15)12-14-5-3-2-4-6-14/h2-6,9-10,15H,7-8,11-13,22H2,1H3,(H,23,25)/t15-/m1/s1. The van der Waals surface area contributed by atoms with Gasteiger partial charge in [0.15, 0.2) is 0 Å². The summed E-state index contributed by atoms with van der Waals surface area (Å²) in [5.41, 5.74) is 7.76. The highest BCUT2D eigenvalue weighted by Gasteiger charge is 2.22. The first-order chi connectivity index (χ1) is 13.1. The predicted octanol–water partition coefficient (Wildman–Crippen LogP) is 2.56. The van der Waals surface area contributed by atoms with Crippen molar-refractivity contribution in [1.29, 1.82) is 0 Å². The molecule has 0 saturated carbocycles. The number of carbonyl (C=O) groups excluding carboxylic acids is 1. The van der Waals surface area contributed by atoms with E-state index in [1.165, 1.54) is 18.7 Å². The number of nitrogens with two attached hydrogens (primary N) is 1. The highest BCUT2D eigenvalue weighted by Crippen LogP contribution is 2.28. The van der Waals surface area contributed by atoms with Crippen LogP contribution in [0.1, 0.15) is 15.9 Å². The molecular weight excluding hydrogens is 366 g/mol. The number of anilines is 1. The Balaban J connectivity index is 1.56. The number of carbonyl (C=O) groups is 1. The van der Waals surface area contributed by atoms with Crippen LogP contribution in [0, 0.1) is 0 Å². The van der Waals surface area contributed by atoms with E-state index in [-0.39, 0.29) is 12.0 Å². The molecule has 144 valence electrons. The molecule has 0 radical (unpaired) electrons. The van der Waals surface area contributed by atoms with Crippen molar-refractivity contribution in [3.8, 4) is 5.75 Å². The quantitative estimate of drug-likeness (QED) is 0.742. The van der Waals surface area contributed by atoms with E-state index >= 15 is 0 Å². The van der Waals surface area contributed by atoms with E-state index in [2.05, 4.69) is 22.3 Å². The Morgan fingerprint density at radius 3 is 2.89 bits per heavy atom. The minimum absolute atomic E-state index is 0.0679. The Labute approximate surface area is 164 Å². The number of hydrogen-bond donors (Lipinski definition) is 2. The SMILES string of the molecule is COc1cc(N)c(Cl)cc1C(=O)NC[C@@H]1CN(Cc2ccccc2)CCO1. The largest absolute Gasteiger partial charge is 0.496 e. The zero-order valence-corrected chi connectivity index (χ0v) is 16.0. The molecule has 1 aliphatic heterocycles. The molecule has 1 saturated heterocycles. The number of amides is 1. The molecule has 1 heterocycles. The van der Waals surface area contributed by atoms with E-state index < -0.39 is 0 Å². The number of nitrogen functional groups attached to an aromatic ring is 1. The first-order valence-corrected chi connectivity index (χ1v) is 9.23. The molecule has 2 aromatic rings. The summed E-state index contributed by atoms with van der Waals surface area (Å²) in [6.45, 7) is 3.56. The highest BCUT2D eigenvalue weighted by molar-refractivity contribution is 6.33. The van der Waals surface area contributed by atoms with Gasteiger partial charge in [-0.3, -0.25) is 9.69 Å². The topological polar surface area (TPSA) is 76.8 Å². The summed E-state index contributed by atoms with van der Waals surface area (Å²) in [5, 5.41) is 3.23. The van der Waals surface area contributed by atoms with Crippen LogP contribution in [0.2, 0.25) is 5.02 Å². The second-order valence-corrected chi connectivity index (χ2v) is 6.90. The monoisotopic (exact) mass is 389 g/mol. The number of halogens is 1. The van der Waals surface area contributed by atoms with E-state index in [0.29, 0.717) is 35.2 Å². The number of nitrogens with zero attached hydrogens (tertiary/aromatic N) is 1. The van der Waals surface area contributed by atoms with Gasteiger partial charge in [0.1, 0.15) is 5.75 Å². The summed E-state index contributed by atoms with van der Waals surface area (Å²) < 4.78 is 11.0. The van der Waals surface area contributed by atoms with Crippen LogP contribution in [0.25, 0.3) is 0 Å². The fourth-order valence-electron chi connectivity index (χ4n) is 3.11. The molecule has 0 spiro atoms. The summed E-state index contributed by atoms with van der Waals surface area (Å²) in [6, 6.07) is 13.4. The molecule has 1 aliphatic rings. The Morgan fingerprint density at radius 2 is 2.15 bits per heavy atom. The van der Waals surface area contributed by atoms with Crippen LogP contribution in [-0.2, 0) is 11.3 Å². The molecular formula is C20H24ClN3O3. The molecule has 0 unspecified atom stereocenters. The third kappa shape index (κ3) is 5.13. The summed E-state index contributed by atoms with van der Waals surface area (Å²) >= 11 is 6.04. The van der Waals surface area contributed by atoms with Crippen molar-refractivity contribution in [2.45, 2.75) is 12.6 Å². The molecule has 2 aromatic carbocycles. The number of nitrogens with one attached hydrogen (secondary N) is 1. The van der Waals surface area contributed by atoms with Crippen molar-refractivity contribution in [3.63, 3.8) is 0 Å². The van der Waals surface area contributed by atoms with E-state index in [1.54, 1.807) is 6.07 Å². The number of rotatable bonds is 6. The van der Waals surface area contributed by atoms with Crippen LogP contribution < -0.4 is 15.8 Å². The van der Waals surface area contributed by atoms with Gasteiger partial charge < -0.3 is 20.5 Å². The second-order valence-electron chi connectivity index (χ2n) is 6.50. The molecule has 3 N–H and O–H groups in total. The molecule has 1 atom stereocenters. The lowest BCUT2D eigenvalue weighted by molar-refractivity contribution is -0.0292. The van der Waals surface area contributed by atoms with Gasteiger partial charge in [-0.25, -0.2) is 0 Å². The highest BCUT2D eigenvalue weighted by atomic mass is 35.5. The molecule has 1 fully saturated rings. The van der Waals surface area contributed by atoms with Gasteiger partial charge in [0.2, 0.25) is 0 Å². The fraction of sp³-hybridized carbons (Fsp3) is 0.350. The minimum atomic E-state index is -0.266. The molecule has 27 heavy (non-hydrogen) atoms. The number of ether oxygens (including phenoxy) is 2. The summed E-state index contributed by atoms with van der Waals surface area (Å²) in [5.74, 6) is 0.127. The van der Waals surface area contributed by atoms with Crippen LogP contribution in [0.3, 0.4) is 0 Å². The average Bonchev–Trinajstić information content (AvgIpc) is 2.69. The molecule has 6 nitrogen and oxygen atoms in total. The molecule has 0 bridgehead atoms. The van der Waals surface area contributed by atoms with Crippen molar-refractivity contribution < 1.29 is 14.3 Å². The van der Waals surface area contributed by atoms with Crippen molar-refractivity contribution >= 4 is 23.2 Å². The second kappa shape index (κ2) is 9.08. The van der Waals surface area contributed by atoms with E-state index in [4.69, 9.17) is 26.8 Å². The maximum Gasteiger partial charge on any atom is 0.255 e. The lowest BCUT2D eigenvalue weighted by Crippen LogP contribution is -2.47. The molecule has 0 aromatic heterocycles. The van der Waals surface area contributed by atoms with Gasteiger partial charge in [-0.2, -0.15) is 0 Å². The van der Waals surface area contributed by atoms with E-state index in [1.807, 2.05) is 18.2 Å². The van der Waals surface area contributed by atoms with Crippen molar-refractivity contribution in [1.82, 2.24) is 10.2 Å². The first-order valence-electron chi connectivity index (χ1n) is 8.86. The van der Waals surface area contributed by atoms with Gasteiger partial charge in [-0.1, -0.05) is 41.9 Å². The Bertz CT molecular complexity index is 786. The Kier molecular flexibility index (Phi) is 6.55. The lowest BCUT2D eigenvalue weighted by Gasteiger charge is -2.33. The normalized spacial score (nSPS) is 17.5. The number of methoxy groups -OCH3 is 1. The molecule has 0 aliphatic carbocycles. The maximum atomic E-state index is 12.5. The van der Waals surface area contributed by atoms with Gasteiger partial charge in [-0.05, 0) is 11.6 Å². The number of morpholine rings is 1. The molecule has 7 heteroatoms. The van der Waals surface area contributed by atoms with Crippen LogP contribution in [-0.4, -0.2) is 50.3 Å². The zero-order valence-electron chi connectivity index (χ0n) is 15.3. The molecule has 3 rings (SSSR count). The Morgan fingerprint density at radius 1 is 1.37 bits per heavy atom. The van der Waals surface area contributed by atoms with Gasteiger partial charge in [0.05, 0.1) is 36.1 Å². The lowest BCUT2D eigenvalue weighted by atomic mass is 10.1. The molecule has 1 amide bonds. The minimum Gasteiger partial charge on any atom is -0.496 e. The van der Waals surface area contributed by atoms with Crippen LogP contribution >= 0.6 is 11.6 Å². The van der Waals surface area contributed by atoms with Gasteiger partial charge in [-0.15, -0.1) is 0 Å². The van der Waals surface area contributed by atoms with Crippen molar-refractivity contribution in [3.05, 3.63) is 58.6 Å². The van der Waals surface area contributed by atoms with Crippen LogP contribution in [0.4, 0.5) is 5.69 Å². The Hall–Kier alpha value is -2.28. The first kappa shape index (κ1) is 19.5. The third-order valence-electron chi connectivity index (χ3n) is 4.53.